The first-order valence-corrected chi connectivity index (χ1v) is 5.97. The smallest absolute Gasteiger partial charge is 0.332 e. The number of rotatable bonds is 2. The van der Waals surface area contributed by atoms with Gasteiger partial charge in [-0.2, -0.15) is 0 Å². The van der Waals surface area contributed by atoms with Gasteiger partial charge in [0.2, 0.25) is 17.2 Å². The average Bonchev–Trinajstić information content (AvgIpc) is 2.44. The first-order valence-electron chi connectivity index (χ1n) is 5.97. The highest BCUT2D eigenvalue weighted by molar-refractivity contribution is 5.92. The van der Waals surface area contributed by atoms with Crippen molar-refractivity contribution in [1.29, 1.82) is 0 Å². The van der Waals surface area contributed by atoms with Crippen LogP contribution in [0.25, 0.3) is 11.0 Å². The molecule has 2 aromatic heterocycles. The van der Waals surface area contributed by atoms with E-state index in [-0.39, 0.29) is 22.6 Å². The van der Waals surface area contributed by atoms with E-state index in [4.69, 9.17) is 4.74 Å². The molecule has 0 aliphatic heterocycles. The van der Waals surface area contributed by atoms with E-state index in [1.807, 2.05) is 0 Å². The maximum Gasteiger partial charge on any atom is 0.332 e. The van der Waals surface area contributed by atoms with E-state index < -0.39 is 22.6 Å². The molecule has 0 unspecified atom stereocenters. The Hall–Kier alpha value is -2.84. The van der Waals surface area contributed by atoms with Crippen LogP contribution in [0, 0.1) is 0 Å². The van der Waals surface area contributed by atoms with E-state index in [9.17, 15) is 19.2 Å². The lowest BCUT2D eigenvalue weighted by molar-refractivity contribution is -0.114. The van der Waals surface area contributed by atoms with E-state index in [0.29, 0.717) is 0 Å². The molecule has 1 amide bonds. The van der Waals surface area contributed by atoms with Crippen molar-refractivity contribution in [1.82, 2.24) is 14.1 Å². The number of aromatic amines is 1. The van der Waals surface area contributed by atoms with Crippen molar-refractivity contribution in [3.63, 3.8) is 0 Å². The molecule has 9 heteroatoms. The SMILES string of the molecule is COc1[nH]c2c(c(=O)c1NC(C)=O)c(=O)n(C)c(=O)n2C. The lowest BCUT2D eigenvalue weighted by Crippen LogP contribution is -2.39. The largest absolute Gasteiger partial charge is 0.481 e. The minimum absolute atomic E-state index is 0.0269. The monoisotopic (exact) mass is 294 g/mol. The fourth-order valence-corrected chi connectivity index (χ4v) is 2.04. The van der Waals surface area contributed by atoms with Crippen molar-refractivity contribution >= 4 is 22.6 Å². The van der Waals surface area contributed by atoms with Crippen molar-refractivity contribution in [3.05, 3.63) is 31.1 Å². The number of carbonyl (C=O) groups is 1. The average molecular weight is 294 g/mol. The number of carbonyl (C=O) groups excluding carboxylic acids is 1. The molecule has 0 saturated carbocycles. The number of H-pyrrole nitrogens is 1. The number of methoxy groups -OCH3 is 1. The van der Waals surface area contributed by atoms with E-state index in [0.717, 1.165) is 9.13 Å². The summed E-state index contributed by atoms with van der Waals surface area (Å²) in [5.41, 5.74) is -2.19. The molecule has 0 atom stereocenters. The summed E-state index contributed by atoms with van der Waals surface area (Å²) in [5.74, 6) is -0.522. The van der Waals surface area contributed by atoms with E-state index in [1.54, 1.807) is 0 Å². The highest BCUT2D eigenvalue weighted by atomic mass is 16.5. The van der Waals surface area contributed by atoms with Crippen LogP contribution < -0.4 is 26.7 Å². The molecule has 0 bridgehead atoms. The molecule has 21 heavy (non-hydrogen) atoms. The van der Waals surface area contributed by atoms with Gasteiger partial charge in [-0.1, -0.05) is 0 Å². The number of ether oxygens (including phenoxy) is 1. The Morgan fingerprint density at radius 3 is 2.33 bits per heavy atom. The highest BCUT2D eigenvalue weighted by Crippen LogP contribution is 2.19. The predicted molar refractivity (Wildman–Crippen MR) is 75.9 cm³/mol. The number of hydrogen-bond acceptors (Lipinski definition) is 5. The molecule has 112 valence electrons. The van der Waals surface area contributed by atoms with E-state index >= 15 is 0 Å². The van der Waals surface area contributed by atoms with Gasteiger partial charge in [-0.15, -0.1) is 0 Å². The summed E-state index contributed by atoms with van der Waals surface area (Å²) in [7, 11) is 3.98. The Kier molecular flexibility index (Phi) is 3.42. The number of nitrogens with zero attached hydrogens (tertiary/aromatic N) is 2. The number of anilines is 1. The molecule has 0 aliphatic carbocycles. The molecule has 0 saturated heterocycles. The van der Waals surface area contributed by atoms with Crippen LogP contribution in [0.1, 0.15) is 6.92 Å². The molecule has 0 radical (unpaired) electrons. The predicted octanol–water partition coefficient (Wildman–Crippen LogP) is -1.11. The van der Waals surface area contributed by atoms with Crippen molar-refractivity contribution in [3.8, 4) is 5.88 Å². The standard InChI is InChI=1S/C12H14N4O5/c1-5(17)13-7-8(18)6-9(14-10(7)21-4)15(2)12(20)16(3)11(6)19/h1-4H3,(H,13,17)(H,14,18). The zero-order valence-corrected chi connectivity index (χ0v) is 11.9. The van der Waals surface area contributed by atoms with E-state index in [2.05, 4.69) is 10.3 Å². The van der Waals surface area contributed by atoms with Crippen LogP contribution in [-0.2, 0) is 18.9 Å². The summed E-state index contributed by atoms with van der Waals surface area (Å²) in [4.78, 5) is 50.3. The topological polar surface area (TPSA) is 115 Å². The molecule has 2 aromatic rings. The highest BCUT2D eigenvalue weighted by Gasteiger charge is 2.19. The molecule has 2 N–H and O–H groups in total. The molecule has 2 rings (SSSR count). The summed E-state index contributed by atoms with van der Waals surface area (Å²) >= 11 is 0. The fraction of sp³-hybridized carbons (Fsp3) is 0.333. The lowest BCUT2D eigenvalue weighted by atomic mass is 10.2. The molecule has 2 heterocycles. The Labute approximate surface area is 117 Å². The van der Waals surface area contributed by atoms with Crippen LogP contribution in [0.15, 0.2) is 14.4 Å². The van der Waals surface area contributed by atoms with Crippen LogP contribution in [0.4, 0.5) is 5.69 Å². The summed E-state index contributed by atoms with van der Waals surface area (Å²) in [6.07, 6.45) is 0. The third-order valence-corrected chi connectivity index (χ3v) is 3.08. The molecule has 0 spiro atoms. The van der Waals surface area contributed by atoms with Gasteiger partial charge in [0.25, 0.3) is 5.56 Å². The normalized spacial score (nSPS) is 10.7. The van der Waals surface area contributed by atoms with Crippen LogP contribution in [0.5, 0.6) is 5.88 Å². The number of aromatic nitrogens is 3. The van der Waals surface area contributed by atoms with Gasteiger partial charge in [0.15, 0.2) is 5.69 Å². The van der Waals surface area contributed by atoms with Crippen molar-refractivity contribution in [2.45, 2.75) is 6.92 Å². The van der Waals surface area contributed by atoms with Gasteiger partial charge in [0.05, 0.1) is 7.11 Å². The fourth-order valence-electron chi connectivity index (χ4n) is 2.04. The second kappa shape index (κ2) is 4.93. The molecule has 0 aromatic carbocycles. The Morgan fingerprint density at radius 2 is 1.81 bits per heavy atom. The number of hydrogen-bond donors (Lipinski definition) is 2. The van der Waals surface area contributed by atoms with Gasteiger partial charge in [-0.05, 0) is 0 Å². The number of aryl methyl sites for hydroxylation is 1. The van der Waals surface area contributed by atoms with Crippen LogP contribution in [0.3, 0.4) is 0 Å². The first kappa shape index (κ1) is 14.6. The Morgan fingerprint density at radius 1 is 1.19 bits per heavy atom. The quantitative estimate of drug-likeness (QED) is 0.729. The Balaban J connectivity index is 3.09. The third kappa shape index (κ3) is 2.12. The van der Waals surface area contributed by atoms with Crippen molar-refractivity contribution in [2.24, 2.45) is 14.1 Å². The van der Waals surface area contributed by atoms with Crippen LogP contribution in [-0.4, -0.2) is 27.1 Å². The summed E-state index contributed by atoms with van der Waals surface area (Å²) in [5, 5.41) is 2.09. The summed E-state index contributed by atoms with van der Waals surface area (Å²) < 4.78 is 6.95. The van der Waals surface area contributed by atoms with Crippen LogP contribution >= 0.6 is 0 Å². The number of fused-ring (bicyclic) bond motifs is 1. The van der Waals surface area contributed by atoms with Crippen LogP contribution in [0.2, 0.25) is 0 Å². The molecular formula is C12H14N4O5. The molecule has 9 nitrogen and oxygen atoms in total. The van der Waals surface area contributed by atoms with Crippen molar-refractivity contribution < 1.29 is 9.53 Å². The zero-order chi connectivity index (χ0) is 15.9. The second-order valence-electron chi connectivity index (χ2n) is 4.47. The Bertz CT molecular complexity index is 918. The summed E-state index contributed by atoms with van der Waals surface area (Å²) in [6, 6.07) is 0. The third-order valence-electron chi connectivity index (χ3n) is 3.08. The first-order chi connectivity index (χ1) is 9.79. The summed E-state index contributed by atoms with van der Waals surface area (Å²) in [6.45, 7) is 1.22. The van der Waals surface area contributed by atoms with Crippen molar-refractivity contribution in [2.75, 3.05) is 12.4 Å². The number of nitrogens with one attached hydrogen (secondary N) is 2. The second-order valence-corrected chi connectivity index (χ2v) is 4.47. The number of pyridine rings is 1. The maximum absolute atomic E-state index is 12.4. The minimum atomic E-state index is -0.747. The van der Waals surface area contributed by atoms with Gasteiger partial charge in [-0.25, -0.2) is 4.79 Å². The minimum Gasteiger partial charge on any atom is -0.481 e. The van der Waals surface area contributed by atoms with Gasteiger partial charge >= 0.3 is 5.69 Å². The van der Waals surface area contributed by atoms with Gasteiger partial charge in [0, 0.05) is 21.0 Å². The van der Waals surface area contributed by atoms with Gasteiger partial charge < -0.3 is 15.0 Å². The molecule has 0 aliphatic rings. The van der Waals surface area contributed by atoms with E-state index in [1.165, 1.54) is 28.1 Å². The number of amides is 1. The lowest BCUT2D eigenvalue weighted by Gasteiger charge is -2.12. The molecule has 0 fully saturated rings. The maximum atomic E-state index is 12.4. The molecular weight excluding hydrogens is 280 g/mol. The zero-order valence-electron chi connectivity index (χ0n) is 11.9. The van der Waals surface area contributed by atoms with Gasteiger partial charge in [-0.3, -0.25) is 23.5 Å². The van der Waals surface area contributed by atoms with Gasteiger partial charge in [0.1, 0.15) is 11.0 Å².